The molecule has 5 rings (SSSR count). The minimum Gasteiger partial charge on any atom is -0.325 e. The van der Waals surface area contributed by atoms with E-state index in [4.69, 9.17) is 46.4 Å². The maximum Gasteiger partial charge on any atom is 0.294 e. The third kappa shape index (κ3) is 7.35. The molecule has 0 aliphatic carbocycles. The van der Waals surface area contributed by atoms with Gasteiger partial charge in [0.05, 0.1) is 48.5 Å². The maximum atomic E-state index is 12.5. The molecular weight excluding hydrogens is 698 g/mol. The number of anilines is 4. The van der Waals surface area contributed by atoms with Crippen molar-refractivity contribution in [3.05, 3.63) is 146 Å². The Labute approximate surface area is 293 Å². The number of hydrogen-bond donors (Lipinski definition) is 1. The normalized spacial score (nSPS) is 11.1. The van der Waals surface area contributed by atoms with Gasteiger partial charge in [-0.15, -0.1) is 0 Å². The summed E-state index contributed by atoms with van der Waals surface area (Å²) >= 11 is 25.9. The van der Waals surface area contributed by atoms with E-state index in [1.807, 2.05) is 24.3 Å². The van der Waals surface area contributed by atoms with Gasteiger partial charge in [0, 0.05) is 17.3 Å². The third-order valence-corrected chi connectivity index (χ3v) is 9.60. The van der Waals surface area contributed by atoms with Crippen molar-refractivity contribution in [2.24, 2.45) is 0 Å². The van der Waals surface area contributed by atoms with Gasteiger partial charge >= 0.3 is 0 Å². The van der Waals surface area contributed by atoms with E-state index in [0.29, 0.717) is 59.5 Å². The first-order valence-corrected chi connectivity index (χ1v) is 16.9. The molecule has 0 aliphatic heterocycles. The lowest BCUT2D eigenvalue weighted by Crippen LogP contribution is -2.18. The molecule has 5 aromatic rings. The number of para-hydroxylation sites is 2. The van der Waals surface area contributed by atoms with Crippen molar-refractivity contribution in [3.8, 4) is 12.1 Å². The first-order chi connectivity index (χ1) is 22.5. The maximum absolute atomic E-state index is 12.5. The lowest BCUT2D eigenvalue weighted by atomic mass is 9.85. The van der Waals surface area contributed by atoms with Crippen LogP contribution in [0.2, 0.25) is 20.1 Å². The molecule has 0 spiro atoms. The quantitative estimate of drug-likeness (QED) is 0.0869. The summed E-state index contributed by atoms with van der Waals surface area (Å²) in [6.45, 7) is -0.0676. The minimum absolute atomic E-state index is 0.0338. The number of hydrogen-bond acceptors (Lipinski definition) is 6. The number of benzene rings is 5. The van der Waals surface area contributed by atoms with Crippen LogP contribution in [0.1, 0.15) is 22.6 Å². The van der Waals surface area contributed by atoms with Crippen LogP contribution < -0.4 is 9.80 Å². The van der Waals surface area contributed by atoms with Crippen molar-refractivity contribution in [2.45, 2.75) is 10.8 Å². The Balaban J connectivity index is 1.63. The average molecular weight is 722 g/mol. The summed E-state index contributed by atoms with van der Waals surface area (Å²) in [7, 11) is -4.59. The molecule has 0 aromatic heterocycles. The van der Waals surface area contributed by atoms with Crippen molar-refractivity contribution < 1.29 is 13.0 Å². The molecule has 0 heterocycles. The Morgan fingerprint density at radius 3 is 1.34 bits per heavy atom. The molecule has 236 valence electrons. The molecule has 12 heteroatoms. The highest BCUT2D eigenvalue weighted by molar-refractivity contribution is 7.85. The zero-order valence-corrected chi connectivity index (χ0v) is 28.2. The second-order valence-corrected chi connectivity index (χ2v) is 13.3. The van der Waals surface area contributed by atoms with Gasteiger partial charge in [-0.1, -0.05) is 101 Å². The van der Waals surface area contributed by atoms with Crippen LogP contribution in [-0.2, 0) is 10.1 Å². The van der Waals surface area contributed by atoms with Gasteiger partial charge in [-0.2, -0.15) is 18.9 Å². The SMILES string of the molecule is N#CCN(c1ccc(C(c2ccc(N(CC#N)c3c(Cl)cccc3Cl)cc2)c2ccccc2S(=O)(=O)O)cc1)c1c(Cl)cccc1Cl. The third-order valence-electron chi connectivity index (χ3n) is 7.46. The Kier molecular flexibility index (Phi) is 10.6. The monoisotopic (exact) mass is 720 g/mol. The van der Waals surface area contributed by atoms with Crippen LogP contribution in [0.4, 0.5) is 22.7 Å². The molecule has 0 atom stereocenters. The molecule has 0 saturated heterocycles. The van der Waals surface area contributed by atoms with E-state index in [1.165, 1.54) is 12.1 Å². The molecule has 47 heavy (non-hydrogen) atoms. The smallest absolute Gasteiger partial charge is 0.294 e. The van der Waals surface area contributed by atoms with E-state index in [9.17, 15) is 23.5 Å². The Bertz CT molecular complexity index is 1960. The summed E-state index contributed by atoms with van der Waals surface area (Å²) < 4.78 is 35.2. The summed E-state index contributed by atoms with van der Waals surface area (Å²) in [6, 6.07) is 35.1. The van der Waals surface area contributed by atoms with E-state index in [-0.39, 0.29) is 18.0 Å². The zero-order chi connectivity index (χ0) is 33.7. The summed E-state index contributed by atoms with van der Waals surface area (Å²) in [4.78, 5) is 3.14. The minimum atomic E-state index is -4.59. The largest absolute Gasteiger partial charge is 0.325 e. The van der Waals surface area contributed by atoms with Gasteiger partial charge in [0.15, 0.2) is 0 Å². The Morgan fingerprint density at radius 2 is 0.979 bits per heavy atom. The summed E-state index contributed by atoms with van der Waals surface area (Å²) in [6.07, 6.45) is 0. The van der Waals surface area contributed by atoms with Crippen molar-refractivity contribution in [1.29, 1.82) is 10.5 Å². The van der Waals surface area contributed by atoms with E-state index < -0.39 is 16.0 Å². The van der Waals surface area contributed by atoms with Crippen LogP contribution in [0.5, 0.6) is 0 Å². The average Bonchev–Trinajstić information content (AvgIpc) is 3.04. The highest BCUT2D eigenvalue weighted by atomic mass is 35.5. The van der Waals surface area contributed by atoms with Crippen molar-refractivity contribution in [1.82, 2.24) is 0 Å². The summed E-state index contributed by atoms with van der Waals surface area (Å²) in [5.41, 5.74) is 3.97. The van der Waals surface area contributed by atoms with Crippen LogP contribution in [0.25, 0.3) is 0 Å². The number of nitrogens with zero attached hydrogens (tertiary/aromatic N) is 4. The molecular formula is C35H24Cl4N4O3S. The van der Waals surface area contributed by atoms with Gasteiger partial charge in [-0.3, -0.25) is 4.55 Å². The van der Waals surface area contributed by atoms with Crippen LogP contribution in [-0.4, -0.2) is 26.1 Å². The molecule has 0 unspecified atom stereocenters. The lowest BCUT2D eigenvalue weighted by molar-refractivity contribution is 0.482. The molecule has 0 fully saturated rings. The van der Waals surface area contributed by atoms with E-state index in [0.717, 1.165) is 0 Å². The van der Waals surface area contributed by atoms with Crippen molar-refractivity contribution in [3.63, 3.8) is 0 Å². The van der Waals surface area contributed by atoms with Gasteiger partial charge in [0.2, 0.25) is 0 Å². The molecule has 7 nitrogen and oxygen atoms in total. The van der Waals surface area contributed by atoms with E-state index >= 15 is 0 Å². The van der Waals surface area contributed by atoms with E-state index in [2.05, 4.69) is 12.1 Å². The molecule has 0 aliphatic rings. The first-order valence-electron chi connectivity index (χ1n) is 14.0. The highest BCUT2D eigenvalue weighted by Gasteiger charge is 2.26. The van der Waals surface area contributed by atoms with Crippen LogP contribution >= 0.6 is 46.4 Å². The fourth-order valence-electron chi connectivity index (χ4n) is 5.43. The number of rotatable bonds is 10. The standard InChI is InChI=1S/C35H24Cl4N4O3S/c36-28-6-3-7-29(37)34(28)42(21-19-40)25-15-11-23(12-16-25)33(27-5-1-2-10-32(27)47(44,45)46)24-13-17-26(18-14-24)43(22-20-41)35-30(38)8-4-9-31(35)39/h1-18,33H,21-22H2,(H,44,45,46). The lowest BCUT2D eigenvalue weighted by Gasteiger charge is -2.27. The van der Waals surface area contributed by atoms with Gasteiger partial charge in [-0.25, -0.2) is 0 Å². The van der Waals surface area contributed by atoms with Crippen LogP contribution in [0.15, 0.2) is 114 Å². The second-order valence-electron chi connectivity index (χ2n) is 10.3. The first kappa shape index (κ1) is 34.1. The topological polar surface area (TPSA) is 108 Å². The van der Waals surface area contributed by atoms with Gasteiger partial charge in [0.1, 0.15) is 13.1 Å². The molecule has 5 aromatic carbocycles. The van der Waals surface area contributed by atoms with Crippen LogP contribution in [0, 0.1) is 22.7 Å². The second kappa shape index (κ2) is 14.7. The Morgan fingerprint density at radius 1 is 0.596 bits per heavy atom. The number of nitriles is 2. The molecule has 0 saturated carbocycles. The summed E-state index contributed by atoms with van der Waals surface area (Å²) in [5.74, 6) is -0.655. The van der Waals surface area contributed by atoms with Gasteiger partial charge in [-0.05, 0) is 71.3 Å². The Hall–Kier alpha value is -4.25. The number of halogens is 4. The van der Waals surface area contributed by atoms with Crippen LogP contribution in [0.3, 0.4) is 0 Å². The van der Waals surface area contributed by atoms with Crippen molar-refractivity contribution >= 4 is 79.3 Å². The molecule has 0 radical (unpaired) electrons. The van der Waals surface area contributed by atoms with Crippen molar-refractivity contribution in [2.75, 3.05) is 22.9 Å². The zero-order valence-electron chi connectivity index (χ0n) is 24.4. The van der Waals surface area contributed by atoms with Gasteiger partial charge < -0.3 is 9.80 Å². The van der Waals surface area contributed by atoms with Gasteiger partial charge in [0.25, 0.3) is 10.1 Å². The fraction of sp³-hybridized carbons (Fsp3) is 0.0857. The molecule has 0 amide bonds. The van der Waals surface area contributed by atoms with E-state index in [1.54, 1.807) is 82.6 Å². The fourth-order valence-corrected chi connectivity index (χ4v) is 7.37. The predicted molar refractivity (Wildman–Crippen MR) is 188 cm³/mol. The highest BCUT2D eigenvalue weighted by Crippen LogP contribution is 2.42. The molecule has 1 N–H and O–H groups in total. The predicted octanol–water partition coefficient (Wildman–Crippen LogP) is 10.1. The molecule has 0 bridgehead atoms. The summed E-state index contributed by atoms with van der Waals surface area (Å²) in [5, 5.41) is 20.7.